The summed E-state index contributed by atoms with van der Waals surface area (Å²) in [7, 11) is 0. The number of amides is 2. The first-order valence-corrected chi connectivity index (χ1v) is 6.98. The Morgan fingerprint density at radius 3 is 2.64 bits per heavy atom. The summed E-state index contributed by atoms with van der Waals surface area (Å²) in [6.45, 7) is 2.83. The SMILES string of the molecule is CC(=O)N1C=Cc2ccccc2C1CC(=O)N[C@H](C)C(=O)O. The van der Waals surface area contributed by atoms with E-state index in [1.54, 1.807) is 6.20 Å². The molecule has 0 aliphatic carbocycles. The summed E-state index contributed by atoms with van der Waals surface area (Å²) in [5.41, 5.74) is 1.82. The number of carboxylic acid groups (broad SMARTS) is 1. The lowest BCUT2D eigenvalue weighted by Crippen LogP contribution is -2.41. The minimum atomic E-state index is -1.10. The van der Waals surface area contributed by atoms with E-state index in [2.05, 4.69) is 5.32 Å². The van der Waals surface area contributed by atoms with E-state index in [9.17, 15) is 14.4 Å². The van der Waals surface area contributed by atoms with Crippen LogP contribution in [0.2, 0.25) is 0 Å². The Bertz CT molecular complexity index is 639. The van der Waals surface area contributed by atoms with E-state index in [1.165, 1.54) is 18.7 Å². The number of aliphatic carboxylic acids is 1. The van der Waals surface area contributed by atoms with Gasteiger partial charge >= 0.3 is 5.97 Å². The van der Waals surface area contributed by atoms with Gasteiger partial charge in [-0.2, -0.15) is 0 Å². The molecule has 2 N–H and O–H groups in total. The topological polar surface area (TPSA) is 86.7 Å². The maximum Gasteiger partial charge on any atom is 0.325 e. The van der Waals surface area contributed by atoms with Crippen LogP contribution in [-0.2, 0) is 14.4 Å². The summed E-state index contributed by atoms with van der Waals surface area (Å²) in [5, 5.41) is 11.3. The Kier molecular flexibility index (Phi) is 4.60. The molecule has 1 aromatic rings. The van der Waals surface area contributed by atoms with Gasteiger partial charge in [-0.1, -0.05) is 24.3 Å². The molecule has 1 aliphatic rings. The van der Waals surface area contributed by atoms with Gasteiger partial charge in [0.1, 0.15) is 6.04 Å². The zero-order valence-corrected chi connectivity index (χ0v) is 12.4. The first-order chi connectivity index (χ1) is 10.4. The number of carbonyl (C=O) groups excluding carboxylic acids is 2. The average Bonchev–Trinajstić information content (AvgIpc) is 2.46. The molecule has 6 heteroatoms. The lowest BCUT2D eigenvalue weighted by atomic mass is 9.93. The van der Waals surface area contributed by atoms with Crippen LogP contribution in [0.15, 0.2) is 30.5 Å². The first-order valence-electron chi connectivity index (χ1n) is 6.98. The predicted molar refractivity (Wildman–Crippen MR) is 80.6 cm³/mol. The van der Waals surface area contributed by atoms with Gasteiger partial charge in [-0.3, -0.25) is 14.4 Å². The van der Waals surface area contributed by atoms with Crippen LogP contribution < -0.4 is 5.32 Å². The molecule has 0 bridgehead atoms. The number of benzene rings is 1. The molecular weight excluding hydrogens is 284 g/mol. The molecule has 22 heavy (non-hydrogen) atoms. The number of hydrogen-bond donors (Lipinski definition) is 2. The minimum absolute atomic E-state index is 0.0125. The van der Waals surface area contributed by atoms with Crippen LogP contribution in [0.3, 0.4) is 0 Å². The van der Waals surface area contributed by atoms with Crippen molar-refractivity contribution < 1.29 is 19.5 Å². The number of carboxylic acids is 1. The van der Waals surface area contributed by atoms with Gasteiger partial charge in [0.05, 0.1) is 12.5 Å². The Morgan fingerprint density at radius 2 is 2.00 bits per heavy atom. The third-order valence-corrected chi connectivity index (χ3v) is 3.60. The Morgan fingerprint density at radius 1 is 1.32 bits per heavy atom. The van der Waals surface area contributed by atoms with Crippen molar-refractivity contribution in [3.05, 3.63) is 41.6 Å². The van der Waals surface area contributed by atoms with Crippen molar-refractivity contribution in [1.29, 1.82) is 0 Å². The molecule has 2 atom stereocenters. The molecule has 0 radical (unpaired) electrons. The molecule has 6 nitrogen and oxygen atoms in total. The molecule has 2 rings (SSSR count). The van der Waals surface area contributed by atoms with Gasteiger partial charge in [-0.25, -0.2) is 0 Å². The second-order valence-corrected chi connectivity index (χ2v) is 5.22. The number of fused-ring (bicyclic) bond motifs is 1. The lowest BCUT2D eigenvalue weighted by molar-refractivity contribution is -0.141. The fourth-order valence-corrected chi connectivity index (χ4v) is 2.45. The first kappa shape index (κ1) is 15.8. The second kappa shape index (κ2) is 6.43. The normalized spacial score (nSPS) is 17.5. The third kappa shape index (κ3) is 3.33. The predicted octanol–water partition coefficient (Wildman–Crippen LogP) is 1.54. The van der Waals surface area contributed by atoms with Crippen molar-refractivity contribution >= 4 is 23.9 Å². The smallest absolute Gasteiger partial charge is 0.325 e. The molecular formula is C16H18N2O4. The molecule has 1 aromatic carbocycles. The standard InChI is InChI=1S/C16H18N2O4/c1-10(16(21)22)17-15(20)9-14-13-6-4-3-5-12(13)7-8-18(14)11(2)19/h3-8,10,14H,9H2,1-2H3,(H,17,20)(H,21,22)/t10-,14?/m1/s1. The van der Waals surface area contributed by atoms with E-state index in [0.29, 0.717) is 0 Å². The van der Waals surface area contributed by atoms with Gasteiger partial charge in [0.2, 0.25) is 11.8 Å². The van der Waals surface area contributed by atoms with Gasteiger partial charge in [0.15, 0.2) is 0 Å². The third-order valence-electron chi connectivity index (χ3n) is 3.60. The zero-order chi connectivity index (χ0) is 16.3. The maximum absolute atomic E-state index is 12.1. The van der Waals surface area contributed by atoms with Crippen LogP contribution in [0.4, 0.5) is 0 Å². The van der Waals surface area contributed by atoms with Gasteiger partial charge in [0.25, 0.3) is 0 Å². The highest BCUT2D eigenvalue weighted by Crippen LogP contribution is 2.32. The van der Waals surface area contributed by atoms with E-state index in [1.807, 2.05) is 30.3 Å². The minimum Gasteiger partial charge on any atom is -0.480 e. The average molecular weight is 302 g/mol. The van der Waals surface area contributed by atoms with Gasteiger partial charge in [-0.05, 0) is 24.1 Å². The van der Waals surface area contributed by atoms with E-state index in [4.69, 9.17) is 5.11 Å². The highest BCUT2D eigenvalue weighted by molar-refractivity contribution is 5.85. The Hall–Kier alpha value is -2.63. The Labute approximate surface area is 128 Å². The molecule has 0 aromatic heterocycles. The number of carbonyl (C=O) groups is 3. The molecule has 1 unspecified atom stereocenters. The molecule has 0 saturated heterocycles. The summed E-state index contributed by atoms with van der Waals surface area (Å²) in [6, 6.07) is 6.12. The van der Waals surface area contributed by atoms with Gasteiger partial charge in [0, 0.05) is 13.1 Å². The quantitative estimate of drug-likeness (QED) is 0.883. The van der Waals surface area contributed by atoms with E-state index < -0.39 is 24.0 Å². The fraction of sp³-hybridized carbons (Fsp3) is 0.312. The van der Waals surface area contributed by atoms with Crippen LogP contribution in [0, 0.1) is 0 Å². The summed E-state index contributed by atoms with van der Waals surface area (Å²) in [4.78, 5) is 36.1. The van der Waals surface area contributed by atoms with Crippen LogP contribution in [0.25, 0.3) is 6.08 Å². The van der Waals surface area contributed by atoms with Crippen molar-refractivity contribution in [3.8, 4) is 0 Å². The van der Waals surface area contributed by atoms with Crippen molar-refractivity contribution in [1.82, 2.24) is 10.2 Å². The molecule has 0 saturated carbocycles. The molecule has 1 aliphatic heterocycles. The fourth-order valence-electron chi connectivity index (χ4n) is 2.45. The van der Waals surface area contributed by atoms with Gasteiger partial charge in [-0.15, -0.1) is 0 Å². The second-order valence-electron chi connectivity index (χ2n) is 5.22. The van der Waals surface area contributed by atoms with Crippen molar-refractivity contribution in [2.45, 2.75) is 32.4 Å². The Balaban J connectivity index is 2.22. The zero-order valence-electron chi connectivity index (χ0n) is 12.4. The summed E-state index contributed by atoms with van der Waals surface area (Å²) in [5.74, 6) is -1.67. The van der Waals surface area contributed by atoms with Crippen LogP contribution in [0.1, 0.15) is 37.4 Å². The summed E-state index contributed by atoms with van der Waals surface area (Å²) < 4.78 is 0. The maximum atomic E-state index is 12.1. The molecule has 116 valence electrons. The largest absolute Gasteiger partial charge is 0.480 e. The lowest BCUT2D eigenvalue weighted by Gasteiger charge is -2.32. The molecule has 0 spiro atoms. The van der Waals surface area contributed by atoms with Gasteiger partial charge < -0.3 is 15.3 Å². The molecule has 2 amide bonds. The monoisotopic (exact) mass is 302 g/mol. The highest BCUT2D eigenvalue weighted by atomic mass is 16.4. The van der Waals surface area contributed by atoms with Crippen LogP contribution >= 0.6 is 0 Å². The van der Waals surface area contributed by atoms with E-state index >= 15 is 0 Å². The van der Waals surface area contributed by atoms with E-state index in [0.717, 1.165) is 11.1 Å². The summed E-state index contributed by atoms with van der Waals surface area (Å²) >= 11 is 0. The highest BCUT2D eigenvalue weighted by Gasteiger charge is 2.28. The summed E-state index contributed by atoms with van der Waals surface area (Å²) in [6.07, 6.45) is 3.49. The van der Waals surface area contributed by atoms with Crippen molar-refractivity contribution in [2.75, 3.05) is 0 Å². The number of nitrogens with one attached hydrogen (secondary N) is 1. The van der Waals surface area contributed by atoms with E-state index in [-0.39, 0.29) is 12.3 Å². The number of rotatable bonds is 4. The van der Waals surface area contributed by atoms with Crippen molar-refractivity contribution in [3.63, 3.8) is 0 Å². The van der Waals surface area contributed by atoms with Crippen LogP contribution in [0.5, 0.6) is 0 Å². The van der Waals surface area contributed by atoms with Crippen molar-refractivity contribution in [2.24, 2.45) is 0 Å². The molecule has 0 fully saturated rings. The number of hydrogen-bond acceptors (Lipinski definition) is 3. The number of nitrogens with zero attached hydrogens (tertiary/aromatic N) is 1. The molecule has 1 heterocycles. The van der Waals surface area contributed by atoms with Crippen LogP contribution in [-0.4, -0.2) is 33.8 Å².